The summed E-state index contributed by atoms with van der Waals surface area (Å²) < 4.78 is 27.9. The van der Waals surface area contributed by atoms with Crippen LogP contribution in [0.4, 0.5) is 0 Å². The maximum Gasteiger partial charge on any atom is 0.277 e. The van der Waals surface area contributed by atoms with E-state index in [9.17, 15) is 8.42 Å². The largest absolute Gasteiger partial charge is 0.416 e. The van der Waals surface area contributed by atoms with Crippen LogP contribution in [0, 0.1) is 17.2 Å². The summed E-state index contributed by atoms with van der Waals surface area (Å²) in [5.74, 6) is 1.25. The maximum atomic E-state index is 11.3. The van der Waals surface area contributed by atoms with E-state index in [1.165, 1.54) is 11.8 Å². The van der Waals surface area contributed by atoms with Gasteiger partial charge in [0.25, 0.3) is 5.22 Å². The second kappa shape index (κ2) is 5.06. The van der Waals surface area contributed by atoms with E-state index in [1.54, 1.807) is 0 Å². The molecular weight excluding hydrogens is 262 g/mol. The van der Waals surface area contributed by atoms with Crippen LogP contribution in [0.1, 0.15) is 12.3 Å². The third-order valence-corrected chi connectivity index (χ3v) is 5.02. The Kier molecular flexibility index (Phi) is 3.69. The zero-order chi connectivity index (χ0) is 12.3. The van der Waals surface area contributed by atoms with Gasteiger partial charge >= 0.3 is 0 Å². The highest BCUT2D eigenvalue weighted by atomic mass is 32.2. The van der Waals surface area contributed by atoms with Crippen molar-refractivity contribution in [3.05, 3.63) is 5.89 Å². The molecule has 1 aromatic heterocycles. The van der Waals surface area contributed by atoms with Crippen molar-refractivity contribution in [1.82, 2.24) is 10.2 Å². The first-order valence-electron chi connectivity index (χ1n) is 5.11. The second-order valence-corrected chi connectivity index (χ2v) is 7.04. The molecule has 0 bridgehead atoms. The van der Waals surface area contributed by atoms with Gasteiger partial charge in [-0.1, -0.05) is 11.8 Å². The zero-order valence-corrected chi connectivity index (χ0v) is 10.6. The topological polar surface area (TPSA) is 96.9 Å². The van der Waals surface area contributed by atoms with Crippen LogP contribution >= 0.6 is 11.8 Å². The Morgan fingerprint density at radius 2 is 2.35 bits per heavy atom. The normalized spacial score (nSPS) is 22.4. The highest BCUT2D eigenvalue weighted by Gasteiger charge is 2.29. The molecule has 6 nitrogen and oxygen atoms in total. The Hall–Kier alpha value is -1.07. The van der Waals surface area contributed by atoms with Gasteiger partial charge in [-0.15, -0.1) is 10.2 Å². The highest BCUT2D eigenvalue weighted by molar-refractivity contribution is 7.99. The second-order valence-electron chi connectivity index (χ2n) is 3.88. The number of nitriles is 1. The Morgan fingerprint density at radius 3 is 3.00 bits per heavy atom. The van der Waals surface area contributed by atoms with E-state index < -0.39 is 9.84 Å². The van der Waals surface area contributed by atoms with Crippen molar-refractivity contribution in [3.63, 3.8) is 0 Å². The summed E-state index contributed by atoms with van der Waals surface area (Å²) >= 11 is 1.18. The van der Waals surface area contributed by atoms with Crippen LogP contribution in [-0.2, 0) is 16.3 Å². The van der Waals surface area contributed by atoms with Crippen molar-refractivity contribution in [2.45, 2.75) is 18.1 Å². The summed E-state index contributed by atoms with van der Waals surface area (Å²) in [7, 11) is -2.86. The number of nitrogens with zero attached hydrogens (tertiary/aromatic N) is 3. The molecule has 0 aliphatic carbocycles. The van der Waals surface area contributed by atoms with Gasteiger partial charge in [0.1, 0.15) is 0 Å². The predicted octanol–water partition coefficient (Wildman–Crippen LogP) is 0.662. The van der Waals surface area contributed by atoms with Gasteiger partial charge in [0.05, 0.1) is 23.3 Å². The van der Waals surface area contributed by atoms with Crippen LogP contribution in [0.2, 0.25) is 0 Å². The van der Waals surface area contributed by atoms with Gasteiger partial charge < -0.3 is 4.42 Å². The molecule has 1 atom stereocenters. The van der Waals surface area contributed by atoms with Crippen LogP contribution in [0.15, 0.2) is 9.64 Å². The summed E-state index contributed by atoms with van der Waals surface area (Å²) in [6.45, 7) is 0. The van der Waals surface area contributed by atoms with Gasteiger partial charge in [0, 0.05) is 6.42 Å². The summed E-state index contributed by atoms with van der Waals surface area (Å²) in [4.78, 5) is 0. The van der Waals surface area contributed by atoms with Gasteiger partial charge in [-0.05, 0) is 12.3 Å². The number of thioether (sulfide) groups is 1. The number of aromatic nitrogens is 2. The molecule has 0 amide bonds. The van der Waals surface area contributed by atoms with Crippen LogP contribution < -0.4 is 0 Å². The van der Waals surface area contributed by atoms with E-state index in [2.05, 4.69) is 10.2 Å². The quantitative estimate of drug-likeness (QED) is 0.743. The van der Waals surface area contributed by atoms with Crippen molar-refractivity contribution in [2.24, 2.45) is 5.92 Å². The first kappa shape index (κ1) is 12.4. The van der Waals surface area contributed by atoms with Crippen LogP contribution in [0.3, 0.4) is 0 Å². The molecule has 0 radical (unpaired) electrons. The average Bonchev–Trinajstić information content (AvgIpc) is 2.83. The minimum Gasteiger partial charge on any atom is -0.416 e. The molecule has 92 valence electrons. The molecule has 1 fully saturated rings. The van der Waals surface area contributed by atoms with Gasteiger partial charge in [0.2, 0.25) is 5.89 Å². The van der Waals surface area contributed by atoms with Gasteiger partial charge in [-0.25, -0.2) is 8.42 Å². The molecule has 1 saturated heterocycles. The molecule has 0 N–H and O–H groups in total. The Morgan fingerprint density at radius 1 is 1.53 bits per heavy atom. The predicted molar refractivity (Wildman–Crippen MR) is 61.1 cm³/mol. The monoisotopic (exact) mass is 273 g/mol. The van der Waals surface area contributed by atoms with Crippen LogP contribution in [0.25, 0.3) is 0 Å². The molecule has 0 saturated carbocycles. The number of hydrogen-bond acceptors (Lipinski definition) is 7. The fourth-order valence-electron chi connectivity index (χ4n) is 1.75. The highest BCUT2D eigenvalue weighted by Crippen LogP contribution is 2.23. The van der Waals surface area contributed by atoms with Crippen molar-refractivity contribution in [2.75, 3.05) is 17.3 Å². The Balaban J connectivity index is 1.92. The van der Waals surface area contributed by atoms with Crippen molar-refractivity contribution >= 4 is 21.6 Å². The molecule has 2 rings (SSSR count). The van der Waals surface area contributed by atoms with E-state index >= 15 is 0 Å². The molecule has 0 aromatic carbocycles. The summed E-state index contributed by atoms with van der Waals surface area (Å²) in [5, 5.41) is 16.4. The van der Waals surface area contributed by atoms with Crippen molar-refractivity contribution in [3.8, 4) is 6.07 Å². The fourth-order valence-corrected chi connectivity index (χ4v) is 4.06. The van der Waals surface area contributed by atoms with Gasteiger partial charge in [0.15, 0.2) is 9.84 Å². The van der Waals surface area contributed by atoms with E-state index in [0.717, 1.165) is 0 Å². The first-order chi connectivity index (χ1) is 8.09. The summed E-state index contributed by atoms with van der Waals surface area (Å²) in [6.07, 6.45) is 1.16. The minimum atomic E-state index is -2.86. The van der Waals surface area contributed by atoms with E-state index in [4.69, 9.17) is 9.68 Å². The standard InChI is InChI=1S/C9H11N3O3S2/c10-2-3-16-9-12-11-8(15-9)5-7-1-4-17(13,14)6-7/h7H,1,3-6H2. The molecule has 1 aliphatic rings. The smallest absolute Gasteiger partial charge is 0.277 e. The molecular formula is C9H11N3O3S2. The van der Waals surface area contributed by atoms with Crippen molar-refractivity contribution in [1.29, 1.82) is 5.26 Å². The maximum absolute atomic E-state index is 11.3. The molecule has 2 heterocycles. The Bertz CT molecular complexity index is 532. The molecule has 8 heteroatoms. The third-order valence-electron chi connectivity index (χ3n) is 2.50. The zero-order valence-electron chi connectivity index (χ0n) is 9.00. The SMILES string of the molecule is N#CCSc1nnc(CC2CCS(=O)(=O)C2)o1. The molecule has 0 spiro atoms. The van der Waals surface area contributed by atoms with Gasteiger partial charge in [-0.2, -0.15) is 5.26 Å². The lowest BCUT2D eigenvalue weighted by molar-refractivity contribution is 0.389. The Labute approximate surface area is 103 Å². The lowest BCUT2D eigenvalue weighted by Crippen LogP contribution is -2.07. The summed E-state index contributed by atoms with van der Waals surface area (Å²) in [5.41, 5.74) is 0. The fraction of sp³-hybridized carbons (Fsp3) is 0.667. The van der Waals surface area contributed by atoms with E-state index in [-0.39, 0.29) is 23.2 Å². The van der Waals surface area contributed by atoms with E-state index in [1.807, 2.05) is 6.07 Å². The molecule has 1 aliphatic heterocycles. The summed E-state index contributed by atoms with van der Waals surface area (Å²) in [6, 6.07) is 1.97. The minimum absolute atomic E-state index is 0.0780. The van der Waals surface area contributed by atoms with E-state index in [0.29, 0.717) is 24.0 Å². The van der Waals surface area contributed by atoms with Crippen molar-refractivity contribution < 1.29 is 12.8 Å². The number of rotatable bonds is 4. The average molecular weight is 273 g/mol. The van der Waals surface area contributed by atoms with Crippen LogP contribution in [0.5, 0.6) is 0 Å². The lowest BCUT2D eigenvalue weighted by Gasteiger charge is -2.01. The lowest BCUT2D eigenvalue weighted by atomic mass is 10.1. The molecule has 17 heavy (non-hydrogen) atoms. The first-order valence-corrected chi connectivity index (χ1v) is 7.92. The van der Waals surface area contributed by atoms with Gasteiger partial charge in [-0.3, -0.25) is 0 Å². The molecule has 1 unspecified atom stereocenters. The number of hydrogen-bond donors (Lipinski definition) is 0. The third kappa shape index (κ3) is 3.44. The van der Waals surface area contributed by atoms with Crippen LogP contribution in [-0.4, -0.2) is 35.9 Å². The number of sulfone groups is 1. The molecule has 1 aromatic rings.